The number of hydrogen-bond acceptors (Lipinski definition) is 4. The molecule has 3 nitrogen and oxygen atoms in total. The molecule has 0 fully saturated rings. The average Bonchev–Trinajstić information content (AvgIpc) is 2.88. The fourth-order valence-electron chi connectivity index (χ4n) is 2.18. The lowest BCUT2D eigenvalue weighted by Crippen LogP contribution is -2.30. The molecule has 1 unspecified atom stereocenters. The van der Waals surface area contributed by atoms with E-state index in [4.69, 9.17) is 22.4 Å². The Morgan fingerprint density at radius 3 is 2.67 bits per heavy atom. The minimum atomic E-state index is 0.0164. The van der Waals surface area contributed by atoms with Crippen molar-refractivity contribution in [2.45, 2.75) is 45.6 Å². The first-order valence-electron chi connectivity index (χ1n) is 6.99. The maximum atomic E-state index is 6.20. The fourth-order valence-corrected chi connectivity index (χ4v) is 3.43. The average molecular weight is 324 g/mol. The highest BCUT2D eigenvalue weighted by atomic mass is 35.5. The van der Waals surface area contributed by atoms with Crippen molar-refractivity contribution in [3.63, 3.8) is 0 Å². The van der Waals surface area contributed by atoms with Gasteiger partial charge in [0.15, 0.2) is 0 Å². The van der Waals surface area contributed by atoms with Crippen LogP contribution in [0.25, 0.3) is 0 Å². The van der Waals surface area contributed by atoms with E-state index in [1.165, 1.54) is 0 Å². The van der Waals surface area contributed by atoms with Crippen molar-refractivity contribution < 1.29 is 0 Å². The molecule has 21 heavy (non-hydrogen) atoms. The van der Waals surface area contributed by atoms with E-state index in [-0.39, 0.29) is 11.5 Å². The van der Waals surface area contributed by atoms with Crippen LogP contribution in [0.15, 0.2) is 23.6 Å². The molecule has 0 bridgehead atoms. The van der Waals surface area contributed by atoms with Gasteiger partial charge in [0.25, 0.3) is 0 Å². The van der Waals surface area contributed by atoms with Gasteiger partial charge in [0.05, 0.1) is 16.7 Å². The number of rotatable bonds is 4. The molecule has 0 aliphatic heterocycles. The van der Waals surface area contributed by atoms with Gasteiger partial charge in [-0.3, -0.25) is 11.3 Å². The van der Waals surface area contributed by atoms with Crippen molar-refractivity contribution in [2.24, 2.45) is 5.84 Å². The molecule has 2 rings (SSSR count). The van der Waals surface area contributed by atoms with Gasteiger partial charge < -0.3 is 0 Å². The van der Waals surface area contributed by atoms with Crippen LogP contribution in [0.4, 0.5) is 0 Å². The molecule has 0 aliphatic carbocycles. The molecule has 114 valence electrons. The van der Waals surface area contributed by atoms with Gasteiger partial charge in [0.2, 0.25) is 0 Å². The molecule has 0 amide bonds. The summed E-state index contributed by atoms with van der Waals surface area (Å²) in [6, 6.07) is 5.93. The summed E-state index contributed by atoms with van der Waals surface area (Å²) in [7, 11) is 0. The highest BCUT2D eigenvalue weighted by molar-refractivity contribution is 7.09. The monoisotopic (exact) mass is 323 g/mol. The number of hydrazine groups is 1. The van der Waals surface area contributed by atoms with E-state index in [1.807, 2.05) is 19.1 Å². The quantitative estimate of drug-likeness (QED) is 0.656. The number of nitrogens with zero attached hydrogens (tertiary/aromatic N) is 1. The molecular weight excluding hydrogens is 302 g/mol. The summed E-state index contributed by atoms with van der Waals surface area (Å²) < 4.78 is 0. The molecular formula is C16H22ClN3S. The Bertz CT molecular complexity index is 616. The Hall–Kier alpha value is -0.940. The smallest absolute Gasteiger partial charge is 0.0948 e. The molecule has 1 atom stereocenters. The molecule has 1 heterocycles. The van der Waals surface area contributed by atoms with Crippen LogP contribution in [0.3, 0.4) is 0 Å². The first-order chi connectivity index (χ1) is 9.82. The standard InChI is InChI=1S/C16H22ClN3S/c1-10-11(6-5-7-12(10)17)13(20-18)8-15-19-14(9-21-15)16(2,3)4/h5-7,9,13,20H,8,18H2,1-4H3. The number of halogens is 1. The molecule has 0 spiro atoms. The summed E-state index contributed by atoms with van der Waals surface area (Å²) >= 11 is 7.89. The maximum absolute atomic E-state index is 6.20. The number of aromatic nitrogens is 1. The zero-order chi connectivity index (χ0) is 15.6. The van der Waals surface area contributed by atoms with Crippen LogP contribution in [0, 0.1) is 6.92 Å². The van der Waals surface area contributed by atoms with Crippen molar-refractivity contribution in [1.29, 1.82) is 0 Å². The Labute approximate surface area is 135 Å². The summed E-state index contributed by atoms with van der Waals surface area (Å²) in [5, 5.41) is 3.98. The predicted octanol–water partition coefficient (Wildman–Crippen LogP) is 4.15. The maximum Gasteiger partial charge on any atom is 0.0948 e. The SMILES string of the molecule is Cc1c(Cl)cccc1C(Cc1nc(C(C)(C)C)cs1)NN. The molecule has 0 radical (unpaired) electrons. The van der Waals surface area contributed by atoms with Crippen LogP contribution in [0.5, 0.6) is 0 Å². The third-order valence-corrected chi connectivity index (χ3v) is 4.87. The predicted molar refractivity (Wildman–Crippen MR) is 90.8 cm³/mol. The summed E-state index contributed by atoms with van der Waals surface area (Å²) in [5.41, 5.74) is 6.28. The van der Waals surface area contributed by atoms with Crippen LogP contribution in [-0.4, -0.2) is 4.98 Å². The second-order valence-corrected chi connectivity index (χ2v) is 7.60. The lowest BCUT2D eigenvalue weighted by atomic mass is 9.93. The highest BCUT2D eigenvalue weighted by Crippen LogP contribution is 2.29. The van der Waals surface area contributed by atoms with E-state index in [0.717, 1.165) is 33.3 Å². The van der Waals surface area contributed by atoms with Crippen molar-refractivity contribution >= 4 is 22.9 Å². The third-order valence-electron chi connectivity index (χ3n) is 3.59. The molecule has 5 heteroatoms. The van der Waals surface area contributed by atoms with Gasteiger partial charge in [-0.1, -0.05) is 44.5 Å². The molecule has 1 aromatic carbocycles. The third kappa shape index (κ3) is 3.83. The number of benzene rings is 1. The van der Waals surface area contributed by atoms with E-state index in [1.54, 1.807) is 11.3 Å². The van der Waals surface area contributed by atoms with Crippen LogP contribution in [0.2, 0.25) is 5.02 Å². The molecule has 0 saturated heterocycles. The van der Waals surface area contributed by atoms with Crippen molar-refractivity contribution in [3.8, 4) is 0 Å². The zero-order valence-electron chi connectivity index (χ0n) is 12.9. The second kappa shape index (κ2) is 6.44. The minimum Gasteiger partial charge on any atom is -0.271 e. The van der Waals surface area contributed by atoms with E-state index >= 15 is 0 Å². The topological polar surface area (TPSA) is 50.9 Å². The van der Waals surface area contributed by atoms with Crippen LogP contribution in [0.1, 0.15) is 48.6 Å². The summed E-state index contributed by atoms with van der Waals surface area (Å²) in [4.78, 5) is 4.74. The number of thiazole rings is 1. The normalized spacial score (nSPS) is 13.4. The van der Waals surface area contributed by atoms with Crippen LogP contribution >= 0.6 is 22.9 Å². The fraction of sp³-hybridized carbons (Fsp3) is 0.438. The molecule has 3 N–H and O–H groups in total. The Morgan fingerprint density at radius 1 is 1.38 bits per heavy atom. The lowest BCUT2D eigenvalue weighted by Gasteiger charge is -2.18. The molecule has 0 saturated carbocycles. The van der Waals surface area contributed by atoms with Gasteiger partial charge >= 0.3 is 0 Å². The first kappa shape index (κ1) is 16.4. The largest absolute Gasteiger partial charge is 0.271 e. The second-order valence-electron chi connectivity index (χ2n) is 6.25. The summed E-state index contributed by atoms with van der Waals surface area (Å²) in [6.07, 6.45) is 0.762. The van der Waals surface area contributed by atoms with Gasteiger partial charge in [-0.25, -0.2) is 4.98 Å². The number of nitrogens with one attached hydrogen (secondary N) is 1. The van der Waals surface area contributed by atoms with Gasteiger partial charge in [-0.2, -0.15) is 0 Å². The van der Waals surface area contributed by atoms with Gasteiger partial charge in [-0.05, 0) is 24.1 Å². The van der Waals surface area contributed by atoms with Gasteiger partial charge in [-0.15, -0.1) is 11.3 Å². The highest BCUT2D eigenvalue weighted by Gasteiger charge is 2.20. The van der Waals surface area contributed by atoms with E-state index in [0.29, 0.717) is 0 Å². The molecule has 1 aromatic heterocycles. The zero-order valence-corrected chi connectivity index (χ0v) is 14.5. The van der Waals surface area contributed by atoms with Gasteiger partial charge in [0, 0.05) is 22.2 Å². The minimum absolute atomic E-state index is 0.0164. The Morgan fingerprint density at radius 2 is 2.10 bits per heavy atom. The van der Waals surface area contributed by atoms with Crippen molar-refractivity contribution in [2.75, 3.05) is 0 Å². The van der Waals surface area contributed by atoms with Crippen molar-refractivity contribution in [1.82, 2.24) is 10.4 Å². The summed E-state index contributed by atoms with van der Waals surface area (Å²) in [5.74, 6) is 5.75. The van der Waals surface area contributed by atoms with Crippen LogP contribution in [-0.2, 0) is 11.8 Å². The molecule has 2 aromatic rings. The number of hydrogen-bond donors (Lipinski definition) is 2. The first-order valence-corrected chi connectivity index (χ1v) is 8.24. The van der Waals surface area contributed by atoms with Crippen molar-refractivity contribution in [3.05, 3.63) is 50.4 Å². The Kier molecular flexibility index (Phi) is 5.04. The number of nitrogens with two attached hydrogens (primary N) is 1. The molecule has 0 aliphatic rings. The lowest BCUT2D eigenvalue weighted by molar-refractivity contribution is 0.539. The van der Waals surface area contributed by atoms with Gasteiger partial charge in [0.1, 0.15) is 0 Å². The van der Waals surface area contributed by atoms with E-state index < -0.39 is 0 Å². The van der Waals surface area contributed by atoms with E-state index in [2.05, 4.69) is 37.6 Å². The summed E-state index contributed by atoms with van der Waals surface area (Å²) in [6.45, 7) is 8.54. The van der Waals surface area contributed by atoms with E-state index in [9.17, 15) is 0 Å². The van der Waals surface area contributed by atoms with Crippen LogP contribution < -0.4 is 11.3 Å². The Balaban J connectivity index is 2.23.